The van der Waals surface area contributed by atoms with E-state index in [2.05, 4.69) is 25.8 Å². The fourth-order valence-corrected chi connectivity index (χ4v) is 4.11. The molecule has 0 saturated carbocycles. The molecule has 2 aromatic carbocycles. The van der Waals surface area contributed by atoms with Crippen molar-refractivity contribution >= 4 is 11.6 Å². The Labute approximate surface area is 170 Å². The molecule has 0 fully saturated rings. The number of aromatic nitrogens is 5. The Kier molecular flexibility index (Phi) is 3.64. The molecule has 7 nitrogen and oxygen atoms in total. The number of ether oxygens (including phenoxy) is 1. The van der Waals surface area contributed by atoms with Crippen LogP contribution in [0.4, 0.5) is 10.3 Å². The smallest absolute Gasteiger partial charge is 0.248 e. The van der Waals surface area contributed by atoms with E-state index in [1.165, 1.54) is 12.1 Å². The highest BCUT2D eigenvalue weighted by atomic mass is 19.1. The quantitative estimate of drug-likeness (QED) is 0.554. The number of halogens is 1. The average molecular weight is 398 g/mol. The van der Waals surface area contributed by atoms with Crippen molar-refractivity contribution in [1.29, 1.82) is 0 Å². The Hall–Kier alpha value is -4.07. The molecule has 8 heteroatoms. The van der Waals surface area contributed by atoms with E-state index in [1.54, 1.807) is 29.2 Å². The number of benzene rings is 2. The van der Waals surface area contributed by atoms with Gasteiger partial charge in [-0.2, -0.15) is 4.68 Å². The van der Waals surface area contributed by atoms with E-state index in [9.17, 15) is 4.39 Å². The van der Waals surface area contributed by atoms with Crippen molar-refractivity contribution in [2.24, 2.45) is 0 Å². The zero-order valence-electron chi connectivity index (χ0n) is 15.6. The first kappa shape index (κ1) is 16.8. The van der Waals surface area contributed by atoms with Gasteiger partial charge >= 0.3 is 0 Å². The fourth-order valence-electron chi connectivity index (χ4n) is 4.11. The molecule has 0 unspecified atom stereocenters. The molecule has 4 heterocycles. The van der Waals surface area contributed by atoms with Crippen LogP contribution < -0.4 is 10.1 Å². The molecule has 0 aliphatic carbocycles. The van der Waals surface area contributed by atoms with Crippen LogP contribution in [-0.4, -0.2) is 25.2 Å². The second kappa shape index (κ2) is 6.48. The Morgan fingerprint density at radius 1 is 0.967 bits per heavy atom. The highest BCUT2D eigenvalue weighted by Crippen LogP contribution is 2.50. The summed E-state index contributed by atoms with van der Waals surface area (Å²) < 4.78 is 21.8. The van der Waals surface area contributed by atoms with Gasteiger partial charge in [-0.25, -0.2) is 4.39 Å². The summed E-state index contributed by atoms with van der Waals surface area (Å²) >= 11 is 0. The van der Waals surface area contributed by atoms with Crippen LogP contribution in [0.3, 0.4) is 0 Å². The fraction of sp³-hybridized carbons (Fsp3) is 0.0909. The third kappa shape index (κ3) is 2.50. The molecular formula is C22H15FN6O. The first-order valence-corrected chi connectivity index (χ1v) is 9.50. The molecule has 0 spiro atoms. The SMILES string of the molecule is Fc1ccc([C@@H]2Oc3ccccc3C3=C2[C@@H](c2cccnc2)n2nnnc2N3)cc1. The van der Waals surface area contributed by atoms with Crippen molar-refractivity contribution in [3.8, 4) is 5.75 Å². The largest absolute Gasteiger partial charge is 0.480 e. The van der Waals surface area contributed by atoms with Gasteiger partial charge < -0.3 is 10.1 Å². The van der Waals surface area contributed by atoms with E-state index < -0.39 is 6.10 Å². The van der Waals surface area contributed by atoms with E-state index in [1.807, 2.05) is 36.4 Å². The van der Waals surface area contributed by atoms with Gasteiger partial charge in [0.1, 0.15) is 23.7 Å². The highest BCUT2D eigenvalue weighted by molar-refractivity contribution is 5.85. The van der Waals surface area contributed by atoms with Crippen LogP contribution in [0.2, 0.25) is 0 Å². The Morgan fingerprint density at radius 2 is 1.83 bits per heavy atom. The first-order chi connectivity index (χ1) is 14.8. The maximum atomic E-state index is 13.6. The van der Waals surface area contributed by atoms with Gasteiger partial charge in [-0.05, 0) is 51.9 Å². The number of hydrogen-bond donors (Lipinski definition) is 1. The molecule has 0 saturated heterocycles. The highest BCUT2D eigenvalue weighted by Gasteiger charge is 2.41. The minimum atomic E-state index is -0.453. The molecule has 0 amide bonds. The van der Waals surface area contributed by atoms with Crippen molar-refractivity contribution in [2.45, 2.75) is 12.1 Å². The second-order valence-corrected chi connectivity index (χ2v) is 7.14. The van der Waals surface area contributed by atoms with Gasteiger partial charge in [-0.1, -0.05) is 35.4 Å². The van der Waals surface area contributed by atoms with Gasteiger partial charge in [-0.3, -0.25) is 4.98 Å². The second-order valence-electron chi connectivity index (χ2n) is 7.14. The molecule has 2 atom stereocenters. The number of nitrogens with one attached hydrogen (secondary N) is 1. The summed E-state index contributed by atoms with van der Waals surface area (Å²) in [5, 5.41) is 15.6. The van der Waals surface area contributed by atoms with Crippen LogP contribution in [-0.2, 0) is 0 Å². The number of rotatable bonds is 2. The maximum Gasteiger partial charge on any atom is 0.248 e. The predicted octanol–water partition coefficient (Wildman–Crippen LogP) is 3.77. The zero-order chi connectivity index (χ0) is 20.1. The van der Waals surface area contributed by atoms with E-state index in [4.69, 9.17) is 4.74 Å². The topological polar surface area (TPSA) is 77.8 Å². The standard InChI is InChI=1S/C22H15FN6O/c23-15-9-7-13(8-10-15)21-18-19(16-5-1-2-6-17(16)30-21)25-22-26-27-28-29(22)20(18)14-4-3-11-24-12-14/h1-12,20-21H,(H,25,26,28)/t20-,21+/m1/s1. The molecule has 2 aromatic heterocycles. The molecular weight excluding hydrogens is 383 g/mol. The van der Waals surface area contributed by atoms with E-state index in [-0.39, 0.29) is 11.9 Å². The van der Waals surface area contributed by atoms with Gasteiger partial charge in [0.25, 0.3) is 0 Å². The minimum Gasteiger partial charge on any atom is -0.480 e. The number of pyridine rings is 1. The van der Waals surface area contributed by atoms with Gasteiger partial charge in [0.15, 0.2) is 0 Å². The van der Waals surface area contributed by atoms with Crippen LogP contribution in [0.25, 0.3) is 5.70 Å². The molecule has 6 rings (SSSR count). The third-order valence-corrected chi connectivity index (χ3v) is 5.41. The van der Waals surface area contributed by atoms with Crippen LogP contribution in [0.15, 0.2) is 78.6 Å². The summed E-state index contributed by atoms with van der Waals surface area (Å²) in [4.78, 5) is 4.29. The minimum absolute atomic E-state index is 0.294. The van der Waals surface area contributed by atoms with E-state index in [0.29, 0.717) is 5.95 Å². The maximum absolute atomic E-state index is 13.6. The lowest BCUT2D eigenvalue weighted by molar-refractivity contribution is 0.222. The van der Waals surface area contributed by atoms with Gasteiger partial charge in [-0.15, -0.1) is 0 Å². The van der Waals surface area contributed by atoms with Gasteiger partial charge in [0, 0.05) is 23.5 Å². The molecule has 2 aliphatic rings. The molecule has 146 valence electrons. The van der Waals surface area contributed by atoms with Crippen LogP contribution in [0.1, 0.15) is 28.8 Å². The summed E-state index contributed by atoms with van der Waals surface area (Å²) in [6.07, 6.45) is 3.07. The van der Waals surface area contributed by atoms with Crippen molar-refractivity contribution in [3.63, 3.8) is 0 Å². The van der Waals surface area contributed by atoms with Gasteiger partial charge in [0.05, 0.1) is 5.70 Å². The van der Waals surface area contributed by atoms with Crippen molar-refractivity contribution < 1.29 is 9.13 Å². The molecule has 4 aromatic rings. The lowest BCUT2D eigenvalue weighted by atomic mass is 9.85. The summed E-state index contributed by atoms with van der Waals surface area (Å²) in [7, 11) is 0. The predicted molar refractivity (Wildman–Crippen MR) is 107 cm³/mol. The third-order valence-electron chi connectivity index (χ3n) is 5.41. The monoisotopic (exact) mass is 398 g/mol. The Bertz CT molecular complexity index is 1270. The molecule has 30 heavy (non-hydrogen) atoms. The average Bonchev–Trinajstić information content (AvgIpc) is 3.26. The molecule has 2 aliphatic heterocycles. The Morgan fingerprint density at radius 3 is 2.67 bits per heavy atom. The van der Waals surface area contributed by atoms with Crippen LogP contribution >= 0.6 is 0 Å². The summed E-state index contributed by atoms with van der Waals surface area (Å²) in [5.74, 6) is 0.985. The van der Waals surface area contributed by atoms with E-state index in [0.717, 1.165) is 33.7 Å². The molecule has 0 radical (unpaired) electrons. The zero-order valence-corrected chi connectivity index (χ0v) is 15.6. The Balaban J connectivity index is 1.63. The van der Waals surface area contributed by atoms with Crippen molar-refractivity contribution in [1.82, 2.24) is 25.2 Å². The number of fused-ring (bicyclic) bond motifs is 3. The number of anilines is 1. The number of nitrogens with zero attached hydrogens (tertiary/aromatic N) is 5. The van der Waals surface area contributed by atoms with Crippen molar-refractivity contribution in [3.05, 3.63) is 101 Å². The molecule has 0 bridgehead atoms. The van der Waals surface area contributed by atoms with E-state index >= 15 is 0 Å². The van der Waals surface area contributed by atoms with Crippen LogP contribution in [0, 0.1) is 5.82 Å². The summed E-state index contributed by atoms with van der Waals surface area (Å²) in [6.45, 7) is 0. The lowest BCUT2D eigenvalue weighted by Gasteiger charge is -2.38. The molecule has 1 N–H and O–H groups in total. The van der Waals surface area contributed by atoms with Crippen molar-refractivity contribution in [2.75, 3.05) is 5.32 Å². The number of tetrazole rings is 1. The number of para-hydroxylation sites is 1. The van der Waals surface area contributed by atoms with Crippen LogP contribution in [0.5, 0.6) is 5.75 Å². The lowest BCUT2D eigenvalue weighted by Crippen LogP contribution is -2.32. The number of hydrogen-bond acceptors (Lipinski definition) is 6. The summed E-state index contributed by atoms with van der Waals surface area (Å²) in [5.41, 5.74) is 4.52. The normalized spacial score (nSPS) is 19.2. The summed E-state index contributed by atoms with van der Waals surface area (Å²) in [6, 6.07) is 17.7. The van der Waals surface area contributed by atoms with Gasteiger partial charge in [0.2, 0.25) is 5.95 Å². The first-order valence-electron chi connectivity index (χ1n) is 9.50.